The topological polar surface area (TPSA) is 82.5 Å². The van der Waals surface area contributed by atoms with Gasteiger partial charge in [-0.25, -0.2) is 18.3 Å². The van der Waals surface area contributed by atoms with Gasteiger partial charge in [-0.1, -0.05) is 19.1 Å². The van der Waals surface area contributed by atoms with Gasteiger partial charge in [0.1, 0.15) is 5.75 Å². The zero-order valence-electron chi connectivity index (χ0n) is 18.1. The molecular weight excluding hydrogens is 420 g/mol. The van der Waals surface area contributed by atoms with Gasteiger partial charge in [0.25, 0.3) is 11.8 Å². The molecule has 3 aromatic rings. The Bertz CT molecular complexity index is 1140. The first kappa shape index (κ1) is 22.9. The van der Waals surface area contributed by atoms with Crippen LogP contribution >= 0.6 is 0 Å². The molecule has 9 heteroatoms. The number of hydrogen-bond acceptors (Lipinski definition) is 5. The second-order valence-electron chi connectivity index (χ2n) is 7.00. The lowest BCUT2D eigenvalue weighted by Crippen LogP contribution is -2.19. The Morgan fingerprint density at radius 3 is 2.41 bits per heavy atom. The van der Waals surface area contributed by atoms with Crippen molar-refractivity contribution >= 4 is 17.6 Å². The molecule has 1 amide bonds. The van der Waals surface area contributed by atoms with Crippen LogP contribution in [0.1, 0.15) is 45.4 Å². The third-order valence-electron chi connectivity index (χ3n) is 4.97. The highest BCUT2D eigenvalue weighted by atomic mass is 19.3. The van der Waals surface area contributed by atoms with E-state index in [9.17, 15) is 18.4 Å². The summed E-state index contributed by atoms with van der Waals surface area (Å²) in [6.45, 7) is 2.95. The van der Waals surface area contributed by atoms with Crippen molar-refractivity contribution in [1.82, 2.24) is 9.78 Å². The van der Waals surface area contributed by atoms with Crippen molar-refractivity contribution in [2.24, 2.45) is 0 Å². The monoisotopic (exact) mass is 443 g/mol. The van der Waals surface area contributed by atoms with Crippen LogP contribution in [0.4, 0.5) is 14.5 Å². The molecule has 0 saturated carbocycles. The van der Waals surface area contributed by atoms with Gasteiger partial charge in [0.2, 0.25) is 0 Å². The Labute approximate surface area is 184 Å². The molecule has 0 bridgehead atoms. The van der Waals surface area contributed by atoms with E-state index in [1.807, 2.05) is 0 Å². The minimum absolute atomic E-state index is 0.0136. The van der Waals surface area contributed by atoms with Gasteiger partial charge >= 0.3 is 5.97 Å². The van der Waals surface area contributed by atoms with Crippen LogP contribution in [0.5, 0.6) is 5.75 Å². The number of aromatic nitrogens is 2. The number of hydrogen-bond donors (Lipinski definition) is 1. The summed E-state index contributed by atoms with van der Waals surface area (Å²) in [6, 6.07) is 12.2. The van der Waals surface area contributed by atoms with E-state index in [0.717, 1.165) is 0 Å². The van der Waals surface area contributed by atoms with E-state index >= 15 is 0 Å². The number of halogens is 2. The van der Waals surface area contributed by atoms with Crippen LogP contribution < -0.4 is 10.1 Å². The molecule has 1 aromatic heterocycles. The van der Waals surface area contributed by atoms with Crippen molar-refractivity contribution in [3.05, 3.63) is 71.0 Å². The summed E-state index contributed by atoms with van der Waals surface area (Å²) < 4.78 is 39.4. The number of amides is 1. The van der Waals surface area contributed by atoms with E-state index in [-0.39, 0.29) is 34.6 Å². The highest BCUT2D eigenvalue weighted by molar-refractivity contribution is 6.11. The molecule has 0 aliphatic rings. The zero-order valence-corrected chi connectivity index (χ0v) is 18.1. The first-order chi connectivity index (χ1) is 15.2. The zero-order chi connectivity index (χ0) is 23.5. The number of aryl methyl sites for hydroxylation is 1. The van der Waals surface area contributed by atoms with Crippen molar-refractivity contribution in [2.75, 3.05) is 19.5 Å². The number of benzene rings is 2. The maximum atomic E-state index is 14.1. The quantitative estimate of drug-likeness (QED) is 0.534. The SMILES string of the molecule is CCC(F)(F)c1cccc(NC(=O)c2c(C)nn(-c3ccc(OC)cc3)c2C(=O)OC)c1. The van der Waals surface area contributed by atoms with E-state index < -0.39 is 17.8 Å². The Hall–Kier alpha value is -3.75. The molecule has 0 aliphatic carbocycles. The fraction of sp³-hybridized carbons (Fsp3) is 0.261. The predicted molar refractivity (Wildman–Crippen MR) is 115 cm³/mol. The molecule has 168 valence electrons. The molecule has 1 N–H and O–H groups in total. The van der Waals surface area contributed by atoms with E-state index in [1.165, 1.54) is 50.1 Å². The standard InChI is InChI=1S/C23H23F2N3O4/c1-5-23(24,25)15-7-6-8-16(13-15)26-21(29)19-14(2)27-28(20(19)22(30)32-4)17-9-11-18(31-3)12-10-17/h6-13H,5H2,1-4H3,(H,26,29). The van der Waals surface area contributed by atoms with Crippen LogP contribution in [-0.4, -0.2) is 35.9 Å². The third kappa shape index (κ3) is 4.46. The minimum atomic E-state index is -3.02. The van der Waals surface area contributed by atoms with Gasteiger partial charge in [-0.05, 0) is 43.3 Å². The predicted octanol–water partition coefficient (Wildman–Crippen LogP) is 4.73. The summed E-state index contributed by atoms with van der Waals surface area (Å²) >= 11 is 0. The van der Waals surface area contributed by atoms with Crippen LogP contribution in [0.15, 0.2) is 48.5 Å². The van der Waals surface area contributed by atoms with Crippen LogP contribution in [-0.2, 0) is 10.7 Å². The van der Waals surface area contributed by atoms with Crippen LogP contribution in [0.25, 0.3) is 5.69 Å². The highest BCUT2D eigenvalue weighted by Gasteiger charge is 2.30. The van der Waals surface area contributed by atoms with Crippen LogP contribution in [0.3, 0.4) is 0 Å². The normalized spacial score (nSPS) is 11.2. The first-order valence-electron chi connectivity index (χ1n) is 9.84. The highest BCUT2D eigenvalue weighted by Crippen LogP contribution is 2.32. The van der Waals surface area contributed by atoms with E-state index in [4.69, 9.17) is 9.47 Å². The average Bonchev–Trinajstić information content (AvgIpc) is 3.15. The number of rotatable bonds is 7. The Morgan fingerprint density at radius 1 is 1.12 bits per heavy atom. The molecule has 7 nitrogen and oxygen atoms in total. The lowest BCUT2D eigenvalue weighted by atomic mass is 10.1. The Morgan fingerprint density at radius 2 is 1.81 bits per heavy atom. The summed E-state index contributed by atoms with van der Waals surface area (Å²) in [5.41, 5.74) is 0.652. The summed E-state index contributed by atoms with van der Waals surface area (Å²) in [5, 5.41) is 6.92. The number of anilines is 1. The van der Waals surface area contributed by atoms with Gasteiger partial charge < -0.3 is 14.8 Å². The van der Waals surface area contributed by atoms with Crippen molar-refractivity contribution in [1.29, 1.82) is 0 Å². The van der Waals surface area contributed by atoms with E-state index in [1.54, 1.807) is 31.2 Å². The van der Waals surface area contributed by atoms with Gasteiger partial charge in [0.15, 0.2) is 5.69 Å². The van der Waals surface area contributed by atoms with E-state index in [0.29, 0.717) is 11.4 Å². The smallest absolute Gasteiger partial charge is 0.357 e. The lowest BCUT2D eigenvalue weighted by molar-refractivity contribution is -0.00825. The molecule has 1 heterocycles. The van der Waals surface area contributed by atoms with Gasteiger partial charge in [0, 0.05) is 17.7 Å². The Kier molecular flexibility index (Phi) is 6.57. The van der Waals surface area contributed by atoms with Crippen LogP contribution in [0.2, 0.25) is 0 Å². The first-order valence-corrected chi connectivity index (χ1v) is 9.84. The maximum Gasteiger partial charge on any atom is 0.357 e. The van der Waals surface area contributed by atoms with Crippen molar-refractivity contribution < 1.29 is 27.8 Å². The number of methoxy groups -OCH3 is 2. The van der Waals surface area contributed by atoms with Crippen molar-refractivity contribution in [2.45, 2.75) is 26.2 Å². The summed E-state index contributed by atoms with van der Waals surface area (Å²) in [5.74, 6) is -3.84. The molecule has 0 unspecified atom stereocenters. The number of esters is 1. The molecule has 0 radical (unpaired) electrons. The molecule has 0 atom stereocenters. The molecule has 0 fully saturated rings. The number of ether oxygens (including phenoxy) is 2. The van der Waals surface area contributed by atoms with Gasteiger partial charge in [-0.15, -0.1) is 0 Å². The molecule has 0 spiro atoms. The second kappa shape index (κ2) is 9.17. The Balaban J connectivity index is 2.02. The van der Waals surface area contributed by atoms with E-state index in [2.05, 4.69) is 10.4 Å². The minimum Gasteiger partial charge on any atom is -0.497 e. The van der Waals surface area contributed by atoms with Crippen LogP contribution in [0, 0.1) is 6.92 Å². The molecule has 32 heavy (non-hydrogen) atoms. The second-order valence-corrected chi connectivity index (χ2v) is 7.00. The average molecular weight is 443 g/mol. The third-order valence-corrected chi connectivity index (χ3v) is 4.97. The lowest BCUT2D eigenvalue weighted by Gasteiger charge is -2.15. The molecule has 3 rings (SSSR count). The van der Waals surface area contributed by atoms with Crippen molar-refractivity contribution in [3.63, 3.8) is 0 Å². The molecule has 2 aromatic carbocycles. The number of carbonyl (C=O) groups excluding carboxylic acids is 2. The van der Waals surface area contributed by atoms with Gasteiger partial charge in [-0.2, -0.15) is 5.10 Å². The fourth-order valence-electron chi connectivity index (χ4n) is 3.22. The summed E-state index contributed by atoms with van der Waals surface area (Å²) in [4.78, 5) is 25.6. The number of alkyl halides is 2. The molecular formula is C23H23F2N3O4. The number of nitrogens with zero attached hydrogens (tertiary/aromatic N) is 2. The number of carbonyl (C=O) groups is 2. The summed E-state index contributed by atoms with van der Waals surface area (Å²) in [7, 11) is 2.72. The van der Waals surface area contributed by atoms with Gasteiger partial charge in [-0.3, -0.25) is 4.79 Å². The summed E-state index contributed by atoms with van der Waals surface area (Å²) in [6.07, 6.45) is -0.370. The maximum absolute atomic E-state index is 14.1. The fourth-order valence-corrected chi connectivity index (χ4v) is 3.22. The van der Waals surface area contributed by atoms with Gasteiger partial charge in [0.05, 0.1) is 31.2 Å². The van der Waals surface area contributed by atoms with Crippen molar-refractivity contribution in [3.8, 4) is 11.4 Å². The molecule has 0 aliphatic heterocycles. The molecule has 0 saturated heterocycles. The largest absolute Gasteiger partial charge is 0.497 e. The number of nitrogens with one attached hydrogen (secondary N) is 1.